The number of aliphatic hydroxyl groups excluding tert-OH is 1. The topological polar surface area (TPSA) is 49.5 Å². The summed E-state index contributed by atoms with van der Waals surface area (Å²) >= 11 is 0. The molecule has 0 aliphatic rings. The number of hydrogen-bond acceptors (Lipinski definition) is 3. The fourth-order valence-electron chi connectivity index (χ4n) is 0.958. The van der Waals surface area contributed by atoms with E-state index in [0.29, 0.717) is 0 Å². The summed E-state index contributed by atoms with van der Waals surface area (Å²) in [5.74, 6) is 0. The Morgan fingerprint density at radius 2 is 1.91 bits per heavy atom. The molecule has 0 aliphatic heterocycles. The molecule has 1 atom stereocenters. The van der Waals surface area contributed by atoms with Crippen LogP contribution >= 0.6 is 0 Å². The van der Waals surface area contributed by atoms with Crippen molar-refractivity contribution in [3.8, 4) is 0 Å². The van der Waals surface area contributed by atoms with Gasteiger partial charge in [0.15, 0.2) is 0 Å². The minimum Gasteiger partial charge on any atom is -0.379 e. The average Bonchev–Trinajstić information content (AvgIpc) is 1.85. The number of hydrogen-bond donors (Lipinski definition) is 2. The quantitative estimate of drug-likeness (QED) is 0.436. The van der Waals surface area contributed by atoms with Crippen molar-refractivity contribution in [3.63, 3.8) is 0 Å². The molecule has 0 spiro atoms. The van der Waals surface area contributed by atoms with Crippen LogP contribution in [0.5, 0.6) is 0 Å². The maximum atomic E-state index is 8.73. The minimum atomic E-state index is -0.616. The lowest BCUT2D eigenvalue weighted by molar-refractivity contribution is 0.167. The van der Waals surface area contributed by atoms with E-state index in [4.69, 9.17) is 10.8 Å². The van der Waals surface area contributed by atoms with Gasteiger partial charge in [0, 0.05) is 0 Å². The van der Waals surface area contributed by atoms with Crippen LogP contribution in [0.15, 0.2) is 0 Å². The van der Waals surface area contributed by atoms with Crippen molar-refractivity contribution >= 4 is 0 Å². The van der Waals surface area contributed by atoms with E-state index in [1.807, 2.05) is 0 Å². The second-order valence-electron chi connectivity index (χ2n) is 3.22. The van der Waals surface area contributed by atoms with Crippen LogP contribution in [0.4, 0.5) is 0 Å². The van der Waals surface area contributed by atoms with Crippen molar-refractivity contribution in [1.82, 2.24) is 4.90 Å². The van der Waals surface area contributed by atoms with Crippen LogP contribution in [-0.4, -0.2) is 36.9 Å². The standard InChI is InChI=1S/C8H20N2O/c1-10(2)7-5-3-4-6-8(9)11/h8,11H,3-7,9H2,1-2H3. The SMILES string of the molecule is CN(C)CCCCCC(N)O. The molecule has 3 heteroatoms. The van der Waals surface area contributed by atoms with E-state index in [1.54, 1.807) is 0 Å². The molecular formula is C8H20N2O. The average molecular weight is 160 g/mol. The van der Waals surface area contributed by atoms with Gasteiger partial charge in [-0.2, -0.15) is 0 Å². The van der Waals surface area contributed by atoms with E-state index in [0.717, 1.165) is 25.8 Å². The van der Waals surface area contributed by atoms with Crippen LogP contribution in [0.25, 0.3) is 0 Å². The van der Waals surface area contributed by atoms with Crippen LogP contribution in [0, 0.1) is 0 Å². The second kappa shape index (κ2) is 6.58. The molecule has 0 aromatic carbocycles. The van der Waals surface area contributed by atoms with Crippen molar-refractivity contribution in [3.05, 3.63) is 0 Å². The first-order valence-electron chi connectivity index (χ1n) is 4.21. The Labute approximate surface area is 69.2 Å². The highest BCUT2D eigenvalue weighted by Crippen LogP contribution is 2.00. The molecule has 0 fully saturated rings. The molecule has 0 amide bonds. The summed E-state index contributed by atoms with van der Waals surface area (Å²) in [6.07, 6.45) is 3.50. The molecule has 3 nitrogen and oxygen atoms in total. The fraction of sp³-hybridized carbons (Fsp3) is 1.00. The van der Waals surface area contributed by atoms with Crippen LogP contribution in [0.2, 0.25) is 0 Å². The Morgan fingerprint density at radius 1 is 1.27 bits per heavy atom. The Balaban J connectivity index is 2.91. The van der Waals surface area contributed by atoms with E-state index in [9.17, 15) is 0 Å². The monoisotopic (exact) mass is 160 g/mol. The van der Waals surface area contributed by atoms with Crippen molar-refractivity contribution in [2.45, 2.75) is 31.9 Å². The maximum absolute atomic E-state index is 8.73. The van der Waals surface area contributed by atoms with Gasteiger partial charge in [-0.25, -0.2) is 0 Å². The van der Waals surface area contributed by atoms with Crippen LogP contribution < -0.4 is 5.73 Å². The molecule has 0 aromatic rings. The number of nitrogens with zero attached hydrogens (tertiary/aromatic N) is 1. The number of unbranched alkanes of at least 4 members (excludes halogenated alkanes) is 2. The third-order valence-electron chi connectivity index (χ3n) is 1.61. The summed E-state index contributed by atoms with van der Waals surface area (Å²) in [6, 6.07) is 0. The fourth-order valence-corrected chi connectivity index (χ4v) is 0.958. The van der Waals surface area contributed by atoms with Gasteiger partial charge in [-0.15, -0.1) is 0 Å². The maximum Gasteiger partial charge on any atom is 0.102 e. The van der Waals surface area contributed by atoms with Gasteiger partial charge in [-0.1, -0.05) is 6.42 Å². The third kappa shape index (κ3) is 9.88. The molecule has 68 valence electrons. The first-order valence-corrected chi connectivity index (χ1v) is 4.21. The van der Waals surface area contributed by atoms with Gasteiger partial charge in [0.25, 0.3) is 0 Å². The lowest BCUT2D eigenvalue weighted by Crippen LogP contribution is -2.18. The molecule has 0 radical (unpaired) electrons. The second-order valence-corrected chi connectivity index (χ2v) is 3.22. The molecule has 0 aliphatic carbocycles. The number of aliphatic hydroxyl groups is 1. The molecule has 0 bridgehead atoms. The Bertz CT molecular complexity index is 74.2. The summed E-state index contributed by atoms with van der Waals surface area (Å²) in [5, 5.41) is 8.73. The summed E-state index contributed by atoms with van der Waals surface area (Å²) in [5.41, 5.74) is 5.18. The Kier molecular flexibility index (Phi) is 6.51. The zero-order valence-electron chi connectivity index (χ0n) is 7.58. The van der Waals surface area contributed by atoms with Crippen molar-refractivity contribution < 1.29 is 5.11 Å². The summed E-state index contributed by atoms with van der Waals surface area (Å²) in [6.45, 7) is 1.13. The van der Waals surface area contributed by atoms with E-state index in [-0.39, 0.29) is 0 Å². The normalized spacial score (nSPS) is 13.9. The van der Waals surface area contributed by atoms with Gasteiger partial charge in [-0.05, 0) is 39.9 Å². The molecular weight excluding hydrogens is 140 g/mol. The zero-order valence-corrected chi connectivity index (χ0v) is 7.58. The predicted octanol–water partition coefficient (Wildman–Crippen LogP) is 0.385. The van der Waals surface area contributed by atoms with E-state index in [1.165, 1.54) is 6.42 Å². The highest BCUT2D eigenvalue weighted by molar-refractivity contribution is 4.49. The molecule has 0 saturated heterocycles. The van der Waals surface area contributed by atoms with E-state index < -0.39 is 6.23 Å². The van der Waals surface area contributed by atoms with Gasteiger partial charge in [0.2, 0.25) is 0 Å². The molecule has 0 heterocycles. The summed E-state index contributed by atoms with van der Waals surface area (Å²) in [7, 11) is 4.13. The molecule has 3 N–H and O–H groups in total. The number of nitrogens with two attached hydrogens (primary N) is 1. The molecule has 0 saturated carbocycles. The van der Waals surface area contributed by atoms with Crippen LogP contribution in [0.3, 0.4) is 0 Å². The van der Waals surface area contributed by atoms with Crippen molar-refractivity contribution in [2.75, 3.05) is 20.6 Å². The van der Waals surface area contributed by atoms with Gasteiger partial charge in [0.1, 0.15) is 6.23 Å². The summed E-state index contributed by atoms with van der Waals surface area (Å²) < 4.78 is 0. The first kappa shape index (κ1) is 10.9. The van der Waals surface area contributed by atoms with Crippen molar-refractivity contribution in [1.29, 1.82) is 0 Å². The first-order chi connectivity index (χ1) is 5.13. The van der Waals surface area contributed by atoms with Crippen molar-refractivity contribution in [2.24, 2.45) is 5.73 Å². The van der Waals surface area contributed by atoms with Gasteiger partial charge in [0.05, 0.1) is 0 Å². The highest BCUT2D eigenvalue weighted by Gasteiger charge is 1.95. The van der Waals surface area contributed by atoms with Crippen LogP contribution in [0.1, 0.15) is 25.7 Å². The number of rotatable bonds is 6. The Morgan fingerprint density at radius 3 is 2.36 bits per heavy atom. The molecule has 0 rings (SSSR count). The zero-order chi connectivity index (χ0) is 8.69. The lowest BCUT2D eigenvalue weighted by Gasteiger charge is -2.08. The van der Waals surface area contributed by atoms with Gasteiger partial charge < -0.3 is 15.7 Å². The van der Waals surface area contributed by atoms with Gasteiger partial charge >= 0.3 is 0 Å². The largest absolute Gasteiger partial charge is 0.379 e. The minimum absolute atomic E-state index is 0.616. The van der Waals surface area contributed by atoms with E-state index in [2.05, 4.69) is 19.0 Å². The molecule has 1 unspecified atom stereocenters. The predicted molar refractivity (Wildman–Crippen MR) is 47.2 cm³/mol. The van der Waals surface area contributed by atoms with Crippen LogP contribution in [-0.2, 0) is 0 Å². The van der Waals surface area contributed by atoms with Gasteiger partial charge in [-0.3, -0.25) is 0 Å². The van der Waals surface area contributed by atoms with E-state index >= 15 is 0 Å². The summed E-state index contributed by atoms with van der Waals surface area (Å²) in [4.78, 5) is 2.17. The highest BCUT2D eigenvalue weighted by atomic mass is 16.3. The third-order valence-corrected chi connectivity index (χ3v) is 1.61. The Hall–Kier alpha value is -0.120. The molecule has 11 heavy (non-hydrogen) atoms. The smallest absolute Gasteiger partial charge is 0.102 e. The lowest BCUT2D eigenvalue weighted by atomic mass is 10.2. The molecule has 0 aromatic heterocycles.